The minimum atomic E-state index is 0.585. The predicted octanol–water partition coefficient (Wildman–Crippen LogP) is 8.09. The molecule has 0 spiro atoms. The quantitative estimate of drug-likeness (QED) is 0.262. The van der Waals surface area contributed by atoms with Crippen LogP contribution in [0.15, 0.2) is 108 Å². The summed E-state index contributed by atoms with van der Waals surface area (Å²) in [4.78, 5) is 0. The van der Waals surface area contributed by atoms with Gasteiger partial charge in [0.1, 0.15) is 17.2 Å². The van der Waals surface area contributed by atoms with Crippen molar-refractivity contribution in [2.75, 3.05) is 0 Å². The normalized spacial score (nSPS) is 11.3. The van der Waals surface area contributed by atoms with Gasteiger partial charge in [0.05, 0.1) is 33.9 Å². The fourth-order valence-electron chi connectivity index (χ4n) is 5.28. The summed E-state index contributed by atoms with van der Waals surface area (Å²) < 4.78 is 8.18. The van der Waals surface area contributed by atoms with E-state index in [9.17, 15) is 10.5 Å². The Labute approximate surface area is 206 Å². The molecule has 0 aliphatic rings. The zero-order valence-corrected chi connectivity index (χ0v) is 19.1. The highest BCUT2D eigenvalue weighted by Crippen LogP contribution is 2.38. The van der Waals surface area contributed by atoms with Gasteiger partial charge in [-0.3, -0.25) is 0 Å². The molecule has 7 aromatic rings. The minimum Gasteiger partial charge on any atom is -0.456 e. The number of hydrogen-bond acceptors (Lipinski definition) is 3. The van der Waals surface area contributed by atoms with Crippen molar-refractivity contribution in [1.29, 1.82) is 10.5 Å². The maximum Gasteiger partial charge on any atom is 0.135 e. The number of nitrogens with zero attached hydrogens (tertiary/aromatic N) is 3. The van der Waals surface area contributed by atoms with Crippen LogP contribution in [0.5, 0.6) is 0 Å². The van der Waals surface area contributed by atoms with Gasteiger partial charge in [0.15, 0.2) is 0 Å². The highest BCUT2D eigenvalue weighted by Gasteiger charge is 2.18. The number of benzene rings is 5. The number of hydrogen-bond donors (Lipinski definition) is 0. The first-order valence-electron chi connectivity index (χ1n) is 11.7. The van der Waals surface area contributed by atoms with Gasteiger partial charge in [-0.25, -0.2) is 0 Å². The second kappa shape index (κ2) is 7.60. The van der Waals surface area contributed by atoms with E-state index in [-0.39, 0.29) is 0 Å². The summed E-state index contributed by atoms with van der Waals surface area (Å²) in [5, 5.41) is 23.9. The smallest absolute Gasteiger partial charge is 0.135 e. The van der Waals surface area contributed by atoms with Crippen LogP contribution < -0.4 is 0 Å². The molecule has 166 valence electrons. The van der Waals surface area contributed by atoms with Gasteiger partial charge in [0.2, 0.25) is 0 Å². The van der Waals surface area contributed by atoms with Crippen molar-refractivity contribution in [2.24, 2.45) is 0 Å². The van der Waals surface area contributed by atoms with Crippen LogP contribution in [0.2, 0.25) is 0 Å². The largest absolute Gasteiger partial charge is 0.456 e. The Balaban J connectivity index is 1.51. The van der Waals surface area contributed by atoms with Crippen LogP contribution in [-0.2, 0) is 0 Å². The molecule has 0 bridgehead atoms. The first kappa shape index (κ1) is 20.1. The highest BCUT2D eigenvalue weighted by atomic mass is 16.3. The van der Waals surface area contributed by atoms with Crippen molar-refractivity contribution >= 4 is 43.7 Å². The third-order valence-corrected chi connectivity index (χ3v) is 6.88. The van der Waals surface area contributed by atoms with E-state index >= 15 is 0 Å². The van der Waals surface area contributed by atoms with Crippen LogP contribution in [0.25, 0.3) is 60.6 Å². The van der Waals surface area contributed by atoms with Crippen molar-refractivity contribution < 1.29 is 4.42 Å². The molecule has 2 heterocycles. The molecule has 0 unspecified atom stereocenters. The molecule has 0 radical (unpaired) electrons. The fourth-order valence-corrected chi connectivity index (χ4v) is 5.28. The van der Waals surface area contributed by atoms with Gasteiger partial charge >= 0.3 is 0 Å². The average molecular weight is 460 g/mol. The Morgan fingerprint density at radius 3 is 1.94 bits per heavy atom. The highest BCUT2D eigenvalue weighted by molar-refractivity contribution is 6.10. The predicted molar refractivity (Wildman–Crippen MR) is 143 cm³/mol. The van der Waals surface area contributed by atoms with E-state index in [4.69, 9.17) is 4.42 Å². The molecule has 0 fully saturated rings. The molecule has 0 saturated heterocycles. The molecule has 0 N–H and O–H groups in total. The Hall–Kier alpha value is -5.32. The maximum absolute atomic E-state index is 10.4. The number of fused-ring (bicyclic) bond motifs is 6. The third-order valence-electron chi connectivity index (χ3n) is 6.88. The molecule has 2 aromatic heterocycles. The summed E-state index contributed by atoms with van der Waals surface area (Å²) in [7, 11) is 0. The Morgan fingerprint density at radius 2 is 1.25 bits per heavy atom. The first-order valence-corrected chi connectivity index (χ1v) is 11.7. The first-order chi connectivity index (χ1) is 17.8. The van der Waals surface area contributed by atoms with Crippen LogP contribution in [0.1, 0.15) is 11.1 Å². The lowest BCUT2D eigenvalue weighted by Crippen LogP contribution is -1.99. The van der Waals surface area contributed by atoms with E-state index in [2.05, 4.69) is 41.0 Å². The van der Waals surface area contributed by atoms with Crippen LogP contribution in [0, 0.1) is 22.7 Å². The van der Waals surface area contributed by atoms with Crippen molar-refractivity contribution in [3.8, 4) is 29.0 Å². The van der Waals surface area contributed by atoms with Gasteiger partial charge in [0.25, 0.3) is 0 Å². The molecule has 5 aromatic carbocycles. The molecular formula is C32H17N3O. The zero-order valence-electron chi connectivity index (χ0n) is 19.1. The second-order valence-corrected chi connectivity index (χ2v) is 8.82. The van der Waals surface area contributed by atoms with Gasteiger partial charge in [-0.05, 0) is 54.1 Å². The number of furan rings is 1. The lowest BCUT2D eigenvalue weighted by atomic mass is 9.97. The van der Waals surface area contributed by atoms with Gasteiger partial charge in [0, 0.05) is 27.1 Å². The maximum atomic E-state index is 10.4. The van der Waals surface area contributed by atoms with E-state index in [1.807, 2.05) is 72.8 Å². The van der Waals surface area contributed by atoms with Gasteiger partial charge < -0.3 is 8.98 Å². The summed E-state index contributed by atoms with van der Waals surface area (Å²) >= 11 is 0. The number of para-hydroxylation sites is 2. The third kappa shape index (κ3) is 2.79. The Kier molecular flexibility index (Phi) is 4.24. The molecule has 4 heteroatoms. The molecule has 4 nitrogen and oxygen atoms in total. The van der Waals surface area contributed by atoms with Gasteiger partial charge in [-0.15, -0.1) is 0 Å². The van der Waals surface area contributed by atoms with Crippen LogP contribution in [-0.4, -0.2) is 4.57 Å². The standard InChI is InChI=1S/C32H17N3O/c33-18-20-12-14-31-25(16-20)26-17-21(13-15-32(26)36-31)22-8-5-11-30(27(22)19-34)35-28-9-3-1-6-23(28)24-7-2-4-10-29(24)35/h1-17H. The second-order valence-electron chi connectivity index (χ2n) is 8.82. The van der Waals surface area contributed by atoms with Crippen LogP contribution in [0.4, 0.5) is 0 Å². The summed E-state index contributed by atoms with van der Waals surface area (Å²) in [5.74, 6) is 0. The zero-order chi connectivity index (χ0) is 24.2. The van der Waals surface area contributed by atoms with Gasteiger partial charge in [-0.2, -0.15) is 10.5 Å². The summed E-state index contributed by atoms with van der Waals surface area (Å²) in [5.41, 5.74) is 7.42. The van der Waals surface area contributed by atoms with Crippen molar-refractivity contribution in [3.63, 3.8) is 0 Å². The summed E-state index contributed by atoms with van der Waals surface area (Å²) in [6, 6.07) is 38.7. The average Bonchev–Trinajstić information content (AvgIpc) is 3.47. The van der Waals surface area contributed by atoms with Gasteiger partial charge in [-0.1, -0.05) is 54.6 Å². The van der Waals surface area contributed by atoms with E-state index in [0.29, 0.717) is 11.1 Å². The van der Waals surface area contributed by atoms with E-state index in [1.165, 1.54) is 0 Å². The molecule has 0 saturated carbocycles. The number of nitriles is 2. The topological polar surface area (TPSA) is 65.7 Å². The fraction of sp³-hybridized carbons (Fsp3) is 0. The molecule has 0 amide bonds. The Bertz CT molecular complexity index is 2030. The summed E-state index contributed by atoms with van der Waals surface area (Å²) in [6.07, 6.45) is 0. The summed E-state index contributed by atoms with van der Waals surface area (Å²) in [6.45, 7) is 0. The SMILES string of the molecule is N#Cc1ccc2oc3ccc(-c4cccc(-n5c6ccccc6c6ccccc65)c4C#N)cc3c2c1. The van der Waals surface area contributed by atoms with E-state index in [1.54, 1.807) is 6.07 Å². The lowest BCUT2D eigenvalue weighted by molar-refractivity contribution is 0.669. The molecule has 0 aliphatic heterocycles. The number of rotatable bonds is 2. The van der Waals surface area contributed by atoms with E-state index in [0.717, 1.165) is 60.6 Å². The monoisotopic (exact) mass is 459 g/mol. The van der Waals surface area contributed by atoms with Crippen LogP contribution >= 0.6 is 0 Å². The molecule has 36 heavy (non-hydrogen) atoms. The minimum absolute atomic E-state index is 0.585. The Morgan fingerprint density at radius 1 is 0.583 bits per heavy atom. The van der Waals surface area contributed by atoms with Crippen molar-refractivity contribution in [1.82, 2.24) is 4.57 Å². The lowest BCUT2D eigenvalue weighted by Gasteiger charge is -2.13. The van der Waals surface area contributed by atoms with Crippen molar-refractivity contribution in [2.45, 2.75) is 0 Å². The van der Waals surface area contributed by atoms with E-state index < -0.39 is 0 Å². The van der Waals surface area contributed by atoms with Crippen LogP contribution in [0.3, 0.4) is 0 Å². The molecule has 0 aliphatic carbocycles. The molecular weight excluding hydrogens is 442 g/mol. The molecule has 0 atom stereocenters. The molecule has 7 rings (SSSR count). The van der Waals surface area contributed by atoms with Crippen molar-refractivity contribution in [3.05, 3.63) is 114 Å². The number of aromatic nitrogens is 1.